The van der Waals surface area contributed by atoms with E-state index in [1.807, 2.05) is 0 Å². The molecule has 3 unspecified atom stereocenters. The first kappa shape index (κ1) is 12.5. The third kappa shape index (κ3) is 1.98. The van der Waals surface area contributed by atoms with E-state index in [4.69, 9.17) is 4.52 Å². The summed E-state index contributed by atoms with van der Waals surface area (Å²) in [4.78, 5) is 4.49. The predicted molar refractivity (Wildman–Crippen MR) is 74.7 cm³/mol. The van der Waals surface area contributed by atoms with Crippen LogP contribution in [0.2, 0.25) is 0 Å². The zero-order chi connectivity index (χ0) is 13.7. The highest BCUT2D eigenvalue weighted by Crippen LogP contribution is 2.39. The van der Waals surface area contributed by atoms with Gasteiger partial charge in [-0.2, -0.15) is 4.98 Å². The van der Waals surface area contributed by atoms with Crippen LogP contribution in [0.3, 0.4) is 0 Å². The van der Waals surface area contributed by atoms with Crippen LogP contribution in [0.4, 0.5) is 4.39 Å². The first-order valence-corrected chi connectivity index (χ1v) is 7.55. The largest absolute Gasteiger partial charge is 0.339 e. The zero-order valence-electron chi connectivity index (χ0n) is 10.6. The van der Waals surface area contributed by atoms with E-state index >= 15 is 0 Å². The maximum atomic E-state index is 13.2. The quantitative estimate of drug-likeness (QED) is 0.913. The predicted octanol–water partition coefficient (Wildman–Crippen LogP) is 3.25. The standard InChI is InChI=1S/C14H13BrFN3O/c15-10-5-7(1-3-11(10)16)13-18-14(20-19-13)9-6-8-2-4-12(9)17-8/h1,3,5,8-9,12,17H,2,4,6H2. The second kappa shape index (κ2) is 4.63. The minimum atomic E-state index is -0.297. The van der Waals surface area contributed by atoms with Gasteiger partial charge in [-0.3, -0.25) is 0 Å². The molecule has 20 heavy (non-hydrogen) atoms. The van der Waals surface area contributed by atoms with Crippen molar-refractivity contribution >= 4 is 15.9 Å². The van der Waals surface area contributed by atoms with Gasteiger partial charge in [0.25, 0.3) is 0 Å². The van der Waals surface area contributed by atoms with Crippen LogP contribution in [-0.2, 0) is 0 Å². The number of benzene rings is 1. The van der Waals surface area contributed by atoms with Crippen molar-refractivity contribution in [2.75, 3.05) is 0 Å². The van der Waals surface area contributed by atoms with Crippen LogP contribution in [0.5, 0.6) is 0 Å². The number of nitrogens with zero attached hydrogens (tertiary/aromatic N) is 2. The molecule has 3 heterocycles. The van der Waals surface area contributed by atoms with Gasteiger partial charge in [0.2, 0.25) is 11.7 Å². The highest BCUT2D eigenvalue weighted by molar-refractivity contribution is 9.10. The van der Waals surface area contributed by atoms with Gasteiger partial charge < -0.3 is 9.84 Å². The van der Waals surface area contributed by atoms with Gasteiger partial charge in [-0.1, -0.05) is 5.16 Å². The smallest absolute Gasteiger partial charge is 0.231 e. The highest BCUT2D eigenvalue weighted by Gasteiger charge is 2.42. The number of hydrogen-bond donors (Lipinski definition) is 1. The summed E-state index contributed by atoms with van der Waals surface area (Å²) in [6.45, 7) is 0. The molecule has 2 saturated heterocycles. The van der Waals surface area contributed by atoms with Gasteiger partial charge in [-0.05, 0) is 53.4 Å². The normalized spacial score (nSPS) is 28.2. The van der Waals surface area contributed by atoms with E-state index in [0.29, 0.717) is 34.2 Å². The average molecular weight is 338 g/mol. The molecule has 2 bridgehead atoms. The van der Waals surface area contributed by atoms with Gasteiger partial charge >= 0.3 is 0 Å². The van der Waals surface area contributed by atoms with Crippen LogP contribution in [0.15, 0.2) is 27.2 Å². The third-order valence-corrected chi connectivity index (χ3v) is 4.84. The SMILES string of the molecule is Fc1ccc(-c2noc(C3CC4CCC3N4)n2)cc1Br. The van der Waals surface area contributed by atoms with Gasteiger partial charge in [-0.15, -0.1) is 0 Å². The van der Waals surface area contributed by atoms with Crippen molar-refractivity contribution in [3.05, 3.63) is 34.4 Å². The van der Waals surface area contributed by atoms with E-state index in [0.717, 1.165) is 12.0 Å². The van der Waals surface area contributed by atoms with Crippen LogP contribution >= 0.6 is 15.9 Å². The molecular weight excluding hydrogens is 325 g/mol. The zero-order valence-corrected chi connectivity index (χ0v) is 12.2. The van der Waals surface area contributed by atoms with E-state index < -0.39 is 0 Å². The summed E-state index contributed by atoms with van der Waals surface area (Å²) in [5.74, 6) is 1.23. The van der Waals surface area contributed by atoms with Gasteiger partial charge in [0.05, 0.1) is 10.4 Å². The lowest BCUT2D eigenvalue weighted by Gasteiger charge is -2.15. The Balaban J connectivity index is 1.63. The van der Waals surface area contributed by atoms with Crippen LogP contribution in [0, 0.1) is 5.82 Å². The Hall–Kier alpha value is -1.27. The molecule has 6 heteroatoms. The van der Waals surface area contributed by atoms with Gasteiger partial charge in [0.1, 0.15) is 5.82 Å². The molecule has 3 atom stereocenters. The summed E-state index contributed by atoms with van der Waals surface area (Å²) in [7, 11) is 0. The van der Waals surface area contributed by atoms with Crippen molar-refractivity contribution in [3.8, 4) is 11.4 Å². The lowest BCUT2D eigenvalue weighted by molar-refractivity contribution is 0.329. The van der Waals surface area contributed by atoms with Crippen molar-refractivity contribution in [2.24, 2.45) is 0 Å². The molecule has 4 rings (SSSR count). The Bertz CT molecular complexity index is 660. The first-order chi connectivity index (χ1) is 9.70. The third-order valence-electron chi connectivity index (χ3n) is 4.24. The van der Waals surface area contributed by atoms with E-state index in [-0.39, 0.29) is 5.82 Å². The van der Waals surface area contributed by atoms with E-state index in [1.54, 1.807) is 12.1 Å². The highest BCUT2D eigenvalue weighted by atomic mass is 79.9. The molecule has 0 amide bonds. The van der Waals surface area contributed by atoms with Crippen molar-refractivity contribution in [3.63, 3.8) is 0 Å². The van der Waals surface area contributed by atoms with E-state index in [9.17, 15) is 4.39 Å². The summed E-state index contributed by atoms with van der Waals surface area (Å²) in [5, 5.41) is 7.59. The van der Waals surface area contributed by atoms with Gasteiger partial charge in [0.15, 0.2) is 0 Å². The lowest BCUT2D eigenvalue weighted by atomic mass is 9.89. The molecule has 0 saturated carbocycles. The van der Waals surface area contributed by atoms with Crippen molar-refractivity contribution < 1.29 is 8.91 Å². The molecule has 2 aliphatic rings. The number of fused-ring (bicyclic) bond motifs is 2. The fourth-order valence-electron chi connectivity index (χ4n) is 3.24. The second-order valence-electron chi connectivity index (χ2n) is 5.47. The molecular formula is C14H13BrFN3O. The molecule has 2 aliphatic heterocycles. The van der Waals surface area contributed by atoms with Crippen LogP contribution in [0.1, 0.15) is 31.1 Å². The first-order valence-electron chi connectivity index (χ1n) is 6.76. The number of rotatable bonds is 2. The topological polar surface area (TPSA) is 51.0 Å². The number of hydrogen-bond acceptors (Lipinski definition) is 4. The molecule has 0 spiro atoms. The Kier molecular flexibility index (Phi) is 2.89. The monoisotopic (exact) mass is 337 g/mol. The summed E-state index contributed by atoms with van der Waals surface area (Å²) in [6, 6.07) is 5.79. The Morgan fingerprint density at radius 3 is 2.95 bits per heavy atom. The molecule has 0 aliphatic carbocycles. The molecule has 104 valence electrons. The fraction of sp³-hybridized carbons (Fsp3) is 0.429. The van der Waals surface area contributed by atoms with E-state index in [2.05, 4.69) is 31.4 Å². The lowest BCUT2D eigenvalue weighted by Crippen LogP contribution is -2.21. The Labute approximate surface area is 123 Å². The molecule has 2 fully saturated rings. The summed E-state index contributed by atoms with van der Waals surface area (Å²) >= 11 is 3.17. The Morgan fingerprint density at radius 1 is 1.35 bits per heavy atom. The second-order valence-corrected chi connectivity index (χ2v) is 6.33. The maximum absolute atomic E-state index is 13.2. The van der Waals surface area contributed by atoms with Crippen molar-refractivity contribution in [1.82, 2.24) is 15.5 Å². The molecule has 2 aromatic rings. The summed E-state index contributed by atoms with van der Waals surface area (Å²) in [5.41, 5.74) is 0.754. The molecule has 1 N–H and O–H groups in total. The van der Waals surface area contributed by atoms with Gasteiger partial charge in [0, 0.05) is 17.6 Å². The number of aromatic nitrogens is 2. The fourth-order valence-corrected chi connectivity index (χ4v) is 3.61. The maximum Gasteiger partial charge on any atom is 0.231 e. The van der Waals surface area contributed by atoms with Crippen molar-refractivity contribution in [2.45, 2.75) is 37.3 Å². The average Bonchev–Trinajstić information content (AvgIpc) is 3.16. The van der Waals surface area contributed by atoms with E-state index in [1.165, 1.54) is 18.9 Å². The number of nitrogens with one attached hydrogen (secondary N) is 1. The minimum absolute atomic E-state index is 0.297. The van der Waals surface area contributed by atoms with Crippen LogP contribution in [0.25, 0.3) is 11.4 Å². The molecule has 1 aromatic heterocycles. The minimum Gasteiger partial charge on any atom is -0.339 e. The Morgan fingerprint density at radius 2 is 2.25 bits per heavy atom. The molecule has 0 radical (unpaired) electrons. The van der Waals surface area contributed by atoms with Crippen LogP contribution < -0.4 is 5.32 Å². The summed E-state index contributed by atoms with van der Waals surface area (Å²) < 4.78 is 19.1. The molecule has 4 nitrogen and oxygen atoms in total. The van der Waals surface area contributed by atoms with Gasteiger partial charge in [-0.25, -0.2) is 4.39 Å². The summed E-state index contributed by atoms with van der Waals surface area (Å²) in [6.07, 6.45) is 3.49. The van der Waals surface area contributed by atoms with Crippen molar-refractivity contribution in [1.29, 1.82) is 0 Å². The van der Waals surface area contributed by atoms with Crippen LogP contribution in [-0.4, -0.2) is 22.2 Å². The number of halogens is 2. The molecule has 1 aromatic carbocycles.